The van der Waals surface area contributed by atoms with Crippen molar-refractivity contribution in [1.29, 1.82) is 0 Å². The van der Waals surface area contributed by atoms with E-state index in [1.165, 1.54) is 13.8 Å². The minimum atomic E-state index is -5.39. The number of carbonyl (C=O) groups is 2. The van der Waals surface area contributed by atoms with Gasteiger partial charge in [0.15, 0.2) is 0 Å². The van der Waals surface area contributed by atoms with Gasteiger partial charge in [-0.15, -0.1) is 11.3 Å². The highest BCUT2D eigenvalue weighted by atomic mass is 32.1. The molecule has 0 aliphatic heterocycles. The van der Waals surface area contributed by atoms with Crippen molar-refractivity contribution in [3.8, 4) is 5.75 Å². The number of fused-ring (bicyclic) bond motifs is 1. The molecule has 0 atom stereocenters. The second-order valence-corrected chi connectivity index (χ2v) is 10.0. The maximum Gasteiger partial charge on any atom is 0.418 e. The fourth-order valence-electron chi connectivity index (χ4n) is 3.08. The molecule has 0 aliphatic carbocycles. The smallest absolute Gasteiger partial charge is 0.418 e. The number of halogens is 5. The summed E-state index contributed by atoms with van der Waals surface area (Å²) in [7, 11) is -4.22. The van der Waals surface area contributed by atoms with E-state index in [9.17, 15) is 27.3 Å². The molecule has 1 aromatic carbocycles. The van der Waals surface area contributed by atoms with Gasteiger partial charge in [0, 0.05) is 17.4 Å². The van der Waals surface area contributed by atoms with E-state index in [-0.39, 0.29) is 36.5 Å². The van der Waals surface area contributed by atoms with E-state index in [1.807, 2.05) is 0 Å². The van der Waals surface area contributed by atoms with Gasteiger partial charge in [0.25, 0.3) is 0 Å². The Bertz CT molecular complexity index is 1130. The molecule has 0 radical (unpaired) electrons. The summed E-state index contributed by atoms with van der Waals surface area (Å²) in [5, 5.41) is -0.795. The van der Waals surface area contributed by atoms with Crippen LogP contribution in [0, 0.1) is 0 Å². The summed E-state index contributed by atoms with van der Waals surface area (Å²) in [4.78, 5) is 21.4. The number of ether oxygens (including phenoxy) is 2. The van der Waals surface area contributed by atoms with Crippen molar-refractivity contribution in [2.75, 3.05) is 26.9 Å². The molecule has 0 unspecified atom stereocenters. The third kappa shape index (κ3) is 6.11. The van der Waals surface area contributed by atoms with Gasteiger partial charge in [-0.2, -0.15) is 22.0 Å². The number of rotatable bonds is 12. The quantitative estimate of drug-likeness (QED) is 0.158. The van der Waals surface area contributed by atoms with Crippen molar-refractivity contribution in [2.24, 2.45) is 5.73 Å². The molecule has 15 heteroatoms. The first-order valence-corrected chi connectivity index (χ1v) is 12.5. The van der Waals surface area contributed by atoms with Crippen LogP contribution in [-0.4, -0.2) is 38.8 Å². The zero-order valence-corrected chi connectivity index (χ0v) is 20.6. The average molecular weight is 547 g/mol. The number of methoxy groups -OCH3 is 1. The number of hydrogen-bond acceptors (Lipinski definition) is 8. The van der Waals surface area contributed by atoms with Crippen LogP contribution >= 0.6 is 18.9 Å². The van der Waals surface area contributed by atoms with Crippen LogP contribution in [-0.2, 0) is 35.0 Å². The molecule has 0 saturated carbocycles. The Morgan fingerprint density at radius 1 is 1.09 bits per heavy atom. The zero-order valence-electron chi connectivity index (χ0n) is 18.9. The second kappa shape index (κ2) is 11.2. The van der Waals surface area contributed by atoms with Crippen molar-refractivity contribution in [3.05, 3.63) is 28.1 Å². The predicted molar refractivity (Wildman–Crippen MR) is 117 cm³/mol. The molecule has 35 heavy (non-hydrogen) atoms. The molecule has 0 aliphatic rings. The van der Waals surface area contributed by atoms with Crippen LogP contribution in [0.4, 0.5) is 22.0 Å². The lowest BCUT2D eigenvalue weighted by molar-refractivity contribution is -0.141. The molecule has 1 amide bonds. The van der Waals surface area contributed by atoms with E-state index in [1.54, 1.807) is 0 Å². The molecular formula is C20H23F5NO7PS. The lowest BCUT2D eigenvalue weighted by atomic mass is 10.1. The number of amides is 1. The molecule has 1 heterocycles. The fourth-order valence-corrected chi connectivity index (χ4v) is 6.13. The van der Waals surface area contributed by atoms with Crippen molar-refractivity contribution in [1.82, 2.24) is 0 Å². The van der Waals surface area contributed by atoms with E-state index >= 15 is 8.78 Å². The Balaban J connectivity index is 2.77. The Labute approximate surface area is 201 Å². The Kier molecular flexibility index (Phi) is 9.26. The van der Waals surface area contributed by atoms with Gasteiger partial charge in [0.2, 0.25) is 5.91 Å². The normalized spacial score (nSPS) is 12.7. The standard InChI is InChI=1S/C20H23F5NO7PS/c1-4-32-34(29,33-5-2)20(24,25)17-15(19(21,22)23)12-9-11(18(26)28)10-13(16(12)35-17)31-8-6-7-14(27)30-3/h9-10H,4-8H2,1-3H3,(H2,26,28). The maximum atomic E-state index is 15.4. The van der Waals surface area contributed by atoms with E-state index in [0.29, 0.717) is 6.07 Å². The molecule has 8 nitrogen and oxygen atoms in total. The Hall–Kier alpha value is -2.28. The SMILES string of the molecule is CCOP(=O)(OCC)C(F)(F)c1sc2c(OCCCC(=O)OC)cc(C(N)=O)cc2c1C(F)(F)F. The van der Waals surface area contributed by atoms with Gasteiger partial charge in [-0.25, -0.2) is 0 Å². The highest BCUT2D eigenvalue weighted by Gasteiger charge is 2.59. The van der Waals surface area contributed by atoms with Gasteiger partial charge in [-0.1, -0.05) is 0 Å². The van der Waals surface area contributed by atoms with E-state index in [0.717, 1.165) is 13.2 Å². The monoisotopic (exact) mass is 547 g/mol. The number of hydrogen-bond donors (Lipinski definition) is 1. The van der Waals surface area contributed by atoms with Gasteiger partial charge in [0.1, 0.15) is 5.75 Å². The summed E-state index contributed by atoms with van der Waals surface area (Å²) >= 11 is -0.0188. The van der Waals surface area contributed by atoms with Crippen molar-refractivity contribution < 1.29 is 54.6 Å². The second-order valence-electron chi connectivity index (χ2n) is 6.92. The summed E-state index contributed by atoms with van der Waals surface area (Å²) in [5.74, 6) is -2.04. The summed E-state index contributed by atoms with van der Waals surface area (Å²) in [6.45, 7) is 1.22. The summed E-state index contributed by atoms with van der Waals surface area (Å²) in [5.41, 5.74) is -1.72. The van der Waals surface area contributed by atoms with Crippen LogP contribution in [0.5, 0.6) is 5.75 Å². The molecule has 2 N–H and O–H groups in total. The van der Waals surface area contributed by atoms with E-state index in [4.69, 9.17) is 10.5 Å². The van der Waals surface area contributed by atoms with Crippen LogP contribution in [0.3, 0.4) is 0 Å². The van der Waals surface area contributed by atoms with Crippen LogP contribution < -0.4 is 10.5 Å². The molecular weight excluding hydrogens is 524 g/mol. The van der Waals surface area contributed by atoms with Crippen molar-refractivity contribution in [2.45, 2.75) is 38.5 Å². The van der Waals surface area contributed by atoms with Crippen molar-refractivity contribution in [3.63, 3.8) is 0 Å². The minimum absolute atomic E-state index is 0.0188. The van der Waals surface area contributed by atoms with E-state index < -0.39 is 70.6 Å². The molecule has 196 valence electrons. The van der Waals surface area contributed by atoms with Gasteiger partial charge < -0.3 is 24.3 Å². The number of carbonyl (C=O) groups excluding carboxylic acids is 2. The number of thiophene rings is 1. The van der Waals surface area contributed by atoms with Gasteiger partial charge in [-0.3, -0.25) is 14.2 Å². The molecule has 0 spiro atoms. The van der Waals surface area contributed by atoms with Crippen molar-refractivity contribution >= 4 is 40.9 Å². The number of alkyl halides is 5. The molecule has 0 bridgehead atoms. The van der Waals surface area contributed by atoms with Gasteiger partial charge >= 0.3 is 25.4 Å². The molecule has 0 saturated heterocycles. The highest BCUT2D eigenvalue weighted by Crippen LogP contribution is 2.69. The largest absolute Gasteiger partial charge is 0.492 e. The topological polar surface area (TPSA) is 114 Å². The lowest BCUT2D eigenvalue weighted by Gasteiger charge is -2.26. The number of primary amides is 1. The Morgan fingerprint density at radius 2 is 1.69 bits per heavy atom. The zero-order chi connectivity index (χ0) is 26.6. The number of nitrogens with two attached hydrogens (primary N) is 1. The van der Waals surface area contributed by atoms with Gasteiger partial charge in [-0.05, 0) is 32.4 Å². The van der Waals surface area contributed by atoms with Crippen LogP contribution in [0.15, 0.2) is 12.1 Å². The first kappa shape index (κ1) is 29.0. The number of esters is 1. The third-order valence-electron chi connectivity index (χ3n) is 4.55. The molecule has 2 aromatic rings. The molecule has 1 aromatic heterocycles. The van der Waals surface area contributed by atoms with Crippen LogP contribution in [0.2, 0.25) is 0 Å². The fraction of sp³-hybridized carbons (Fsp3) is 0.500. The molecule has 2 rings (SSSR count). The predicted octanol–water partition coefficient (Wildman–Crippen LogP) is 5.67. The lowest BCUT2D eigenvalue weighted by Crippen LogP contribution is -2.21. The molecule has 0 fully saturated rings. The number of benzene rings is 1. The van der Waals surface area contributed by atoms with Crippen LogP contribution in [0.1, 0.15) is 47.5 Å². The third-order valence-corrected chi connectivity index (χ3v) is 8.10. The average Bonchev–Trinajstić information content (AvgIpc) is 3.17. The van der Waals surface area contributed by atoms with Crippen LogP contribution in [0.25, 0.3) is 10.1 Å². The summed E-state index contributed by atoms with van der Waals surface area (Å²) < 4.78 is 105. The Morgan fingerprint density at radius 3 is 2.17 bits per heavy atom. The first-order valence-electron chi connectivity index (χ1n) is 10.2. The highest BCUT2D eigenvalue weighted by molar-refractivity contribution is 7.55. The van der Waals surface area contributed by atoms with Gasteiger partial charge in [0.05, 0.1) is 42.1 Å². The summed E-state index contributed by atoms with van der Waals surface area (Å²) in [6.07, 6.45) is -5.35. The summed E-state index contributed by atoms with van der Waals surface area (Å²) in [6, 6.07) is 1.72. The van der Waals surface area contributed by atoms with E-state index in [2.05, 4.69) is 13.8 Å². The maximum absolute atomic E-state index is 15.4. The minimum Gasteiger partial charge on any atom is -0.492 e. The first-order chi connectivity index (χ1) is 16.2.